The van der Waals surface area contributed by atoms with Gasteiger partial charge < -0.3 is 14.3 Å². The van der Waals surface area contributed by atoms with Gasteiger partial charge in [-0.1, -0.05) is 23.8 Å². The van der Waals surface area contributed by atoms with Gasteiger partial charge in [-0.25, -0.2) is 4.98 Å². The number of pyridine rings is 1. The molecule has 166 valence electrons. The summed E-state index contributed by atoms with van der Waals surface area (Å²) >= 11 is 1.49. The predicted octanol–water partition coefficient (Wildman–Crippen LogP) is 3.78. The number of carbonyl (C=O) groups is 2. The first kappa shape index (κ1) is 21.9. The zero-order valence-electron chi connectivity index (χ0n) is 18.2. The summed E-state index contributed by atoms with van der Waals surface area (Å²) in [5, 5.41) is 4.71. The van der Waals surface area contributed by atoms with E-state index in [1.165, 1.54) is 18.2 Å². The van der Waals surface area contributed by atoms with Gasteiger partial charge in [0.15, 0.2) is 0 Å². The van der Waals surface area contributed by atoms with E-state index in [9.17, 15) is 9.59 Å². The summed E-state index contributed by atoms with van der Waals surface area (Å²) in [6.07, 6.45) is 5.47. The molecule has 8 heteroatoms. The van der Waals surface area contributed by atoms with E-state index in [0.717, 1.165) is 43.8 Å². The fourth-order valence-corrected chi connectivity index (χ4v) is 5.31. The lowest BCUT2D eigenvalue weighted by molar-refractivity contribution is -0.138. The highest BCUT2D eigenvalue weighted by atomic mass is 32.2. The number of hydrogen-bond donors (Lipinski definition) is 0. The molecular weight excluding hydrogens is 412 g/mol. The topological polar surface area (TPSA) is 79.5 Å². The zero-order valence-corrected chi connectivity index (χ0v) is 19.1. The van der Waals surface area contributed by atoms with Gasteiger partial charge in [-0.3, -0.25) is 9.59 Å². The van der Waals surface area contributed by atoms with Gasteiger partial charge in [0, 0.05) is 50.1 Å². The third kappa shape index (κ3) is 5.29. The summed E-state index contributed by atoms with van der Waals surface area (Å²) < 4.78 is 5.11. The van der Waals surface area contributed by atoms with Crippen LogP contribution in [0.15, 0.2) is 33.9 Å². The van der Waals surface area contributed by atoms with Crippen molar-refractivity contribution in [1.29, 1.82) is 0 Å². The van der Waals surface area contributed by atoms with E-state index < -0.39 is 0 Å². The molecule has 1 unspecified atom stereocenters. The van der Waals surface area contributed by atoms with Crippen molar-refractivity contribution in [3.63, 3.8) is 0 Å². The van der Waals surface area contributed by atoms with Crippen molar-refractivity contribution >= 4 is 23.6 Å². The van der Waals surface area contributed by atoms with E-state index in [4.69, 9.17) is 4.52 Å². The minimum absolute atomic E-state index is 0.00979. The monoisotopic (exact) mass is 442 g/mol. The summed E-state index contributed by atoms with van der Waals surface area (Å²) in [5.74, 6) is 2.25. The second-order valence-electron chi connectivity index (χ2n) is 8.67. The Balaban J connectivity index is 1.35. The molecule has 0 aromatic carbocycles. The van der Waals surface area contributed by atoms with Crippen molar-refractivity contribution in [1.82, 2.24) is 19.9 Å². The average molecular weight is 443 g/mol. The first-order valence-corrected chi connectivity index (χ1v) is 12.1. The first-order chi connectivity index (χ1) is 15.0. The fourth-order valence-electron chi connectivity index (χ4n) is 4.44. The van der Waals surface area contributed by atoms with Crippen molar-refractivity contribution in [2.45, 2.75) is 50.3 Å². The van der Waals surface area contributed by atoms with Crippen LogP contribution in [0.5, 0.6) is 0 Å². The molecule has 2 aliphatic rings. The SMILES string of the molecule is Cc1cc(CSc2ncccc2C(=O)N2CCC(C(=O)N3CCCC(C)C3)CC2)no1. The van der Waals surface area contributed by atoms with Crippen LogP contribution < -0.4 is 0 Å². The minimum atomic E-state index is -0.00979. The van der Waals surface area contributed by atoms with Crippen molar-refractivity contribution in [3.8, 4) is 0 Å². The van der Waals surface area contributed by atoms with Gasteiger partial charge in [-0.05, 0) is 50.7 Å². The summed E-state index contributed by atoms with van der Waals surface area (Å²) in [5.41, 5.74) is 1.44. The van der Waals surface area contributed by atoms with Crippen LogP contribution in [0, 0.1) is 18.8 Å². The lowest BCUT2D eigenvalue weighted by Crippen LogP contribution is -2.47. The number of piperidine rings is 2. The second-order valence-corrected chi connectivity index (χ2v) is 9.64. The van der Waals surface area contributed by atoms with Crippen molar-refractivity contribution in [3.05, 3.63) is 41.4 Å². The zero-order chi connectivity index (χ0) is 21.8. The molecule has 31 heavy (non-hydrogen) atoms. The Labute approximate surface area is 187 Å². The summed E-state index contributed by atoms with van der Waals surface area (Å²) in [7, 11) is 0. The molecule has 2 aliphatic heterocycles. The Hall–Kier alpha value is -2.35. The van der Waals surface area contributed by atoms with Gasteiger partial charge in [0.25, 0.3) is 5.91 Å². The fraction of sp³-hybridized carbons (Fsp3) is 0.565. The average Bonchev–Trinajstić information content (AvgIpc) is 3.22. The molecular formula is C23H30N4O3S. The highest BCUT2D eigenvalue weighted by Gasteiger charge is 2.32. The summed E-state index contributed by atoms with van der Waals surface area (Å²) in [4.78, 5) is 34.4. The molecule has 0 saturated carbocycles. The van der Waals surface area contributed by atoms with E-state index in [0.29, 0.717) is 35.3 Å². The van der Waals surface area contributed by atoms with Crippen LogP contribution in [0.2, 0.25) is 0 Å². The predicted molar refractivity (Wildman–Crippen MR) is 119 cm³/mol. The molecule has 7 nitrogen and oxygen atoms in total. The molecule has 0 bridgehead atoms. The van der Waals surface area contributed by atoms with E-state index in [1.54, 1.807) is 12.3 Å². The third-order valence-electron chi connectivity index (χ3n) is 6.14. The van der Waals surface area contributed by atoms with Crippen LogP contribution in [-0.2, 0) is 10.5 Å². The number of rotatable bonds is 5. The number of thioether (sulfide) groups is 1. The number of likely N-dealkylation sites (tertiary alicyclic amines) is 2. The number of aromatic nitrogens is 2. The van der Waals surface area contributed by atoms with E-state index >= 15 is 0 Å². The number of amides is 2. The standard InChI is InChI=1S/C23H30N4O3S/c1-16-5-4-10-27(14-16)22(28)18-7-11-26(12-8-18)23(29)20-6-3-9-24-21(20)31-15-19-13-17(2)30-25-19/h3,6,9,13,16,18H,4-5,7-8,10-12,14-15H2,1-2H3. The Kier molecular flexibility index (Phi) is 6.95. The molecule has 1 atom stereocenters. The Morgan fingerprint density at radius 2 is 2.00 bits per heavy atom. The Morgan fingerprint density at radius 3 is 2.71 bits per heavy atom. The highest BCUT2D eigenvalue weighted by Crippen LogP contribution is 2.28. The highest BCUT2D eigenvalue weighted by molar-refractivity contribution is 7.98. The van der Waals surface area contributed by atoms with Gasteiger partial charge >= 0.3 is 0 Å². The number of carbonyl (C=O) groups excluding carboxylic acids is 2. The largest absolute Gasteiger partial charge is 0.361 e. The number of nitrogens with zero attached hydrogens (tertiary/aromatic N) is 4. The molecule has 0 aliphatic carbocycles. The van der Waals surface area contributed by atoms with Crippen LogP contribution in [0.3, 0.4) is 0 Å². The van der Waals surface area contributed by atoms with Crippen molar-refractivity contribution in [2.75, 3.05) is 26.2 Å². The molecule has 2 saturated heterocycles. The maximum Gasteiger partial charge on any atom is 0.256 e. The van der Waals surface area contributed by atoms with Gasteiger partial charge in [0.1, 0.15) is 10.8 Å². The van der Waals surface area contributed by atoms with E-state index in [1.807, 2.05) is 28.9 Å². The molecule has 0 spiro atoms. The van der Waals surface area contributed by atoms with Gasteiger partial charge in [0.2, 0.25) is 5.91 Å². The summed E-state index contributed by atoms with van der Waals surface area (Å²) in [6, 6.07) is 5.52. The van der Waals surface area contributed by atoms with Crippen LogP contribution in [-0.4, -0.2) is 57.9 Å². The summed E-state index contributed by atoms with van der Waals surface area (Å²) in [6.45, 7) is 7.05. The normalized spacial score (nSPS) is 20.1. The minimum Gasteiger partial charge on any atom is -0.361 e. The maximum absolute atomic E-state index is 13.2. The van der Waals surface area contributed by atoms with Gasteiger partial charge in [0.05, 0.1) is 11.3 Å². The smallest absolute Gasteiger partial charge is 0.256 e. The van der Waals surface area contributed by atoms with E-state index in [-0.39, 0.29) is 17.7 Å². The molecule has 0 N–H and O–H groups in total. The quantitative estimate of drug-likeness (QED) is 0.656. The van der Waals surface area contributed by atoms with E-state index in [2.05, 4.69) is 17.1 Å². The molecule has 0 radical (unpaired) electrons. The third-order valence-corrected chi connectivity index (χ3v) is 7.17. The second kappa shape index (κ2) is 9.85. The molecule has 2 amide bonds. The Bertz CT molecular complexity index is 923. The number of hydrogen-bond acceptors (Lipinski definition) is 6. The lowest BCUT2D eigenvalue weighted by atomic mass is 9.92. The first-order valence-electron chi connectivity index (χ1n) is 11.1. The number of aryl methyl sites for hydroxylation is 1. The van der Waals surface area contributed by atoms with Gasteiger partial charge in [-0.15, -0.1) is 0 Å². The lowest BCUT2D eigenvalue weighted by Gasteiger charge is -2.37. The molecule has 2 aromatic rings. The van der Waals surface area contributed by atoms with Crippen LogP contribution >= 0.6 is 11.8 Å². The van der Waals surface area contributed by atoms with Crippen molar-refractivity contribution in [2.24, 2.45) is 11.8 Å². The maximum atomic E-state index is 13.2. The van der Waals surface area contributed by atoms with Gasteiger partial charge in [-0.2, -0.15) is 0 Å². The van der Waals surface area contributed by atoms with Crippen LogP contribution in [0.4, 0.5) is 0 Å². The van der Waals surface area contributed by atoms with Crippen molar-refractivity contribution < 1.29 is 14.1 Å². The molecule has 4 rings (SSSR count). The molecule has 2 aromatic heterocycles. The Morgan fingerprint density at radius 1 is 1.19 bits per heavy atom. The molecule has 4 heterocycles. The molecule has 2 fully saturated rings. The van der Waals surface area contributed by atoms with Crippen LogP contribution in [0.1, 0.15) is 54.4 Å². The van der Waals surface area contributed by atoms with Crippen LogP contribution in [0.25, 0.3) is 0 Å².